The number of likely N-dealkylation sites (tertiary alicyclic amines) is 1. The lowest BCUT2D eigenvalue weighted by molar-refractivity contribution is -0.150. The lowest BCUT2D eigenvalue weighted by Gasteiger charge is -2.38. The van der Waals surface area contributed by atoms with E-state index in [1.54, 1.807) is 11.8 Å². The predicted octanol–water partition coefficient (Wildman–Crippen LogP) is 0.635. The number of nitrogens with one attached hydrogen (secondary N) is 2. The van der Waals surface area contributed by atoms with Crippen LogP contribution >= 0.6 is 0 Å². The Balaban J connectivity index is 1.89. The van der Waals surface area contributed by atoms with Crippen molar-refractivity contribution in [2.24, 2.45) is 5.41 Å². The third-order valence-electron chi connectivity index (χ3n) is 4.17. The lowest BCUT2D eigenvalue weighted by atomic mass is 9.82. The molecular formula is C13H23N3O3. The fourth-order valence-corrected chi connectivity index (χ4v) is 2.82. The SMILES string of the molecule is CC1(C(=O)O)CCCN(C(=O)NC2CCNCC2)C1. The number of aliphatic carboxylic acids is 1. The van der Waals surface area contributed by atoms with Crippen LogP contribution in [0, 0.1) is 5.41 Å². The molecule has 0 aliphatic carbocycles. The van der Waals surface area contributed by atoms with Gasteiger partial charge in [-0.15, -0.1) is 0 Å². The number of carboxylic acid groups (broad SMARTS) is 1. The Morgan fingerprint density at radius 3 is 2.68 bits per heavy atom. The first kappa shape index (κ1) is 14.1. The molecule has 0 bridgehead atoms. The van der Waals surface area contributed by atoms with E-state index in [0.29, 0.717) is 19.5 Å². The highest BCUT2D eigenvalue weighted by Gasteiger charge is 2.39. The van der Waals surface area contributed by atoms with Crippen LogP contribution in [-0.4, -0.2) is 54.2 Å². The van der Waals surface area contributed by atoms with E-state index < -0.39 is 11.4 Å². The molecule has 2 fully saturated rings. The minimum Gasteiger partial charge on any atom is -0.481 e. The van der Waals surface area contributed by atoms with Crippen LogP contribution in [0.5, 0.6) is 0 Å². The van der Waals surface area contributed by atoms with Crippen LogP contribution in [0.2, 0.25) is 0 Å². The van der Waals surface area contributed by atoms with Gasteiger partial charge in [-0.1, -0.05) is 0 Å². The number of carboxylic acids is 1. The molecule has 2 aliphatic rings. The van der Waals surface area contributed by atoms with Crippen LogP contribution in [-0.2, 0) is 4.79 Å². The van der Waals surface area contributed by atoms with Gasteiger partial charge in [-0.3, -0.25) is 4.79 Å². The molecule has 6 heteroatoms. The molecule has 2 aliphatic heterocycles. The predicted molar refractivity (Wildman–Crippen MR) is 71.0 cm³/mol. The van der Waals surface area contributed by atoms with Gasteiger partial charge in [0.2, 0.25) is 0 Å². The Kier molecular flexibility index (Phi) is 4.29. The van der Waals surface area contributed by atoms with Crippen molar-refractivity contribution in [1.82, 2.24) is 15.5 Å². The average Bonchev–Trinajstić information content (AvgIpc) is 2.40. The van der Waals surface area contributed by atoms with Gasteiger partial charge < -0.3 is 20.6 Å². The molecule has 0 spiro atoms. The zero-order valence-electron chi connectivity index (χ0n) is 11.4. The van der Waals surface area contributed by atoms with Gasteiger partial charge in [-0.05, 0) is 45.7 Å². The van der Waals surface area contributed by atoms with Crippen LogP contribution in [0.25, 0.3) is 0 Å². The average molecular weight is 269 g/mol. The summed E-state index contributed by atoms with van der Waals surface area (Å²) in [4.78, 5) is 25.1. The van der Waals surface area contributed by atoms with E-state index >= 15 is 0 Å². The van der Waals surface area contributed by atoms with Crippen molar-refractivity contribution in [1.29, 1.82) is 0 Å². The van der Waals surface area contributed by atoms with Crippen molar-refractivity contribution < 1.29 is 14.7 Å². The number of hydrogen-bond acceptors (Lipinski definition) is 3. The molecule has 108 valence electrons. The number of piperidine rings is 2. The Morgan fingerprint density at radius 1 is 1.37 bits per heavy atom. The molecule has 2 heterocycles. The molecule has 1 unspecified atom stereocenters. The van der Waals surface area contributed by atoms with Gasteiger partial charge in [0.25, 0.3) is 0 Å². The zero-order chi connectivity index (χ0) is 13.9. The summed E-state index contributed by atoms with van der Waals surface area (Å²) in [6, 6.07) is 0.103. The van der Waals surface area contributed by atoms with Crippen molar-refractivity contribution in [3.63, 3.8) is 0 Å². The van der Waals surface area contributed by atoms with Crippen LogP contribution < -0.4 is 10.6 Å². The smallest absolute Gasteiger partial charge is 0.317 e. The number of nitrogens with zero attached hydrogens (tertiary/aromatic N) is 1. The zero-order valence-corrected chi connectivity index (χ0v) is 11.4. The molecular weight excluding hydrogens is 246 g/mol. The molecule has 0 aromatic heterocycles. The quantitative estimate of drug-likeness (QED) is 0.687. The maximum absolute atomic E-state index is 12.2. The standard InChI is InChI=1S/C13H23N3O3/c1-13(11(17)18)5-2-8-16(9-13)12(19)15-10-3-6-14-7-4-10/h10,14H,2-9H2,1H3,(H,15,19)(H,17,18). The normalized spacial score (nSPS) is 29.0. The van der Waals surface area contributed by atoms with Crippen LogP contribution in [0.4, 0.5) is 4.79 Å². The summed E-state index contributed by atoms with van der Waals surface area (Å²) in [6.45, 7) is 4.54. The van der Waals surface area contributed by atoms with Gasteiger partial charge in [-0.25, -0.2) is 4.79 Å². The second-order valence-corrected chi connectivity index (χ2v) is 5.86. The molecule has 2 rings (SSSR count). The molecule has 6 nitrogen and oxygen atoms in total. The summed E-state index contributed by atoms with van der Waals surface area (Å²) in [5, 5.41) is 15.5. The van der Waals surface area contributed by atoms with E-state index in [2.05, 4.69) is 10.6 Å². The van der Waals surface area contributed by atoms with Crippen molar-refractivity contribution >= 4 is 12.0 Å². The van der Waals surface area contributed by atoms with Crippen molar-refractivity contribution in [3.05, 3.63) is 0 Å². The van der Waals surface area contributed by atoms with Gasteiger partial charge in [0, 0.05) is 19.1 Å². The summed E-state index contributed by atoms with van der Waals surface area (Å²) < 4.78 is 0. The minimum atomic E-state index is -0.813. The number of hydrogen-bond donors (Lipinski definition) is 3. The minimum absolute atomic E-state index is 0.112. The van der Waals surface area contributed by atoms with E-state index in [4.69, 9.17) is 0 Å². The van der Waals surface area contributed by atoms with Gasteiger partial charge in [0.15, 0.2) is 0 Å². The first-order valence-corrected chi connectivity index (χ1v) is 7.01. The maximum Gasteiger partial charge on any atom is 0.317 e. The first-order valence-electron chi connectivity index (χ1n) is 7.01. The molecule has 0 radical (unpaired) electrons. The Hall–Kier alpha value is -1.30. The number of amides is 2. The van der Waals surface area contributed by atoms with Crippen molar-refractivity contribution in [3.8, 4) is 0 Å². The summed E-state index contributed by atoms with van der Waals surface area (Å²) in [7, 11) is 0. The number of urea groups is 1. The second kappa shape index (κ2) is 5.77. The molecule has 3 N–H and O–H groups in total. The summed E-state index contributed by atoms with van der Waals surface area (Å²) in [5.41, 5.74) is -0.802. The monoisotopic (exact) mass is 269 g/mol. The number of carbonyl (C=O) groups is 2. The van der Waals surface area contributed by atoms with E-state index in [0.717, 1.165) is 32.4 Å². The van der Waals surface area contributed by atoms with Crippen LogP contribution in [0.1, 0.15) is 32.6 Å². The molecule has 2 amide bonds. The van der Waals surface area contributed by atoms with Crippen LogP contribution in [0.15, 0.2) is 0 Å². The lowest BCUT2D eigenvalue weighted by Crippen LogP contribution is -2.54. The molecule has 0 aromatic rings. The molecule has 0 aromatic carbocycles. The second-order valence-electron chi connectivity index (χ2n) is 5.86. The third kappa shape index (κ3) is 3.37. The Bertz CT molecular complexity index is 355. The highest BCUT2D eigenvalue weighted by atomic mass is 16.4. The van der Waals surface area contributed by atoms with Crippen molar-refractivity contribution in [2.45, 2.75) is 38.6 Å². The largest absolute Gasteiger partial charge is 0.481 e. The third-order valence-corrected chi connectivity index (χ3v) is 4.17. The highest BCUT2D eigenvalue weighted by molar-refractivity contribution is 5.78. The number of carbonyl (C=O) groups excluding carboxylic acids is 1. The summed E-state index contributed by atoms with van der Waals surface area (Å²) >= 11 is 0. The fraction of sp³-hybridized carbons (Fsp3) is 0.846. The maximum atomic E-state index is 12.2. The van der Waals surface area contributed by atoms with Gasteiger partial charge in [-0.2, -0.15) is 0 Å². The Morgan fingerprint density at radius 2 is 2.05 bits per heavy atom. The first-order chi connectivity index (χ1) is 9.01. The van der Waals surface area contributed by atoms with E-state index in [1.165, 1.54) is 0 Å². The molecule has 1 atom stereocenters. The summed E-state index contributed by atoms with van der Waals surface area (Å²) in [5.74, 6) is -0.813. The van der Waals surface area contributed by atoms with Gasteiger partial charge >= 0.3 is 12.0 Å². The molecule has 19 heavy (non-hydrogen) atoms. The molecule has 0 saturated carbocycles. The van der Waals surface area contributed by atoms with Crippen molar-refractivity contribution in [2.75, 3.05) is 26.2 Å². The summed E-state index contributed by atoms with van der Waals surface area (Å²) in [6.07, 6.45) is 3.27. The Labute approximate surface area is 113 Å². The van der Waals surface area contributed by atoms with Gasteiger partial charge in [0.05, 0.1) is 5.41 Å². The number of rotatable bonds is 2. The van der Waals surface area contributed by atoms with E-state index in [-0.39, 0.29) is 12.1 Å². The van der Waals surface area contributed by atoms with Gasteiger partial charge in [0.1, 0.15) is 0 Å². The fourth-order valence-electron chi connectivity index (χ4n) is 2.82. The van der Waals surface area contributed by atoms with Crippen LogP contribution in [0.3, 0.4) is 0 Å². The van der Waals surface area contributed by atoms with E-state index in [1.807, 2.05) is 0 Å². The van der Waals surface area contributed by atoms with E-state index in [9.17, 15) is 14.7 Å². The topological polar surface area (TPSA) is 81.7 Å². The molecule has 2 saturated heterocycles. The highest BCUT2D eigenvalue weighted by Crippen LogP contribution is 2.29.